The van der Waals surface area contributed by atoms with Gasteiger partial charge in [-0.15, -0.1) is 0 Å². The number of rotatable bonds is 6. The van der Waals surface area contributed by atoms with E-state index in [-0.39, 0.29) is 22.2 Å². The van der Waals surface area contributed by atoms with Gasteiger partial charge in [0.1, 0.15) is 17.5 Å². The number of hydrogen-bond acceptors (Lipinski definition) is 4. The summed E-state index contributed by atoms with van der Waals surface area (Å²) in [5, 5.41) is 10.3. The van der Waals surface area contributed by atoms with E-state index in [0.717, 1.165) is 44.5 Å². The number of benzene rings is 1. The topological polar surface area (TPSA) is 56.8 Å². The highest BCUT2D eigenvalue weighted by Gasteiger charge is 2.51. The first-order chi connectivity index (χ1) is 15.4. The molecule has 0 atom stereocenters. The van der Waals surface area contributed by atoms with Crippen molar-refractivity contribution < 1.29 is 8.78 Å². The Hall–Kier alpha value is -2.51. The summed E-state index contributed by atoms with van der Waals surface area (Å²) < 4.78 is 29.1. The molecule has 0 bridgehead atoms. The number of piperidine rings is 1. The Balaban J connectivity index is 1.24. The van der Waals surface area contributed by atoms with Crippen LogP contribution in [0.5, 0.6) is 0 Å². The first kappa shape index (κ1) is 21.3. The Labute approximate surface area is 191 Å². The molecule has 2 fully saturated rings. The van der Waals surface area contributed by atoms with Gasteiger partial charge in [0.05, 0.1) is 10.7 Å². The van der Waals surface area contributed by atoms with Crippen molar-refractivity contribution in [3.63, 3.8) is 0 Å². The van der Waals surface area contributed by atoms with E-state index in [0.29, 0.717) is 35.2 Å². The zero-order valence-electron chi connectivity index (χ0n) is 18.0. The van der Waals surface area contributed by atoms with Gasteiger partial charge >= 0.3 is 0 Å². The van der Waals surface area contributed by atoms with Gasteiger partial charge in [-0.3, -0.25) is 10.00 Å². The normalized spacial score (nSPS) is 18.6. The number of H-pyrrole nitrogens is 1. The van der Waals surface area contributed by atoms with Gasteiger partial charge in [0.25, 0.3) is 0 Å². The van der Waals surface area contributed by atoms with Crippen LogP contribution in [0.3, 0.4) is 0 Å². The minimum absolute atomic E-state index is 0.184. The summed E-state index contributed by atoms with van der Waals surface area (Å²) in [6.45, 7) is 3.64. The number of nitrogens with zero attached hydrogens (tertiary/aromatic N) is 3. The van der Waals surface area contributed by atoms with Crippen LogP contribution in [0.2, 0.25) is 5.02 Å². The smallest absolute Gasteiger partial charge is 0.153 e. The fourth-order valence-corrected chi connectivity index (χ4v) is 5.06. The molecule has 1 aliphatic heterocycles. The SMILES string of the molecule is Cc1cc(Nc2ccc(F)c(CC3CCN(C4(c5cccc(Cl)c5F)CC4)CC3)n2)n[nH]1. The number of aryl methyl sites for hydroxylation is 1. The molecule has 3 aromatic rings. The molecule has 3 heterocycles. The van der Waals surface area contributed by atoms with Crippen molar-refractivity contribution >= 4 is 23.2 Å². The molecule has 1 saturated carbocycles. The number of aromatic nitrogens is 3. The lowest BCUT2D eigenvalue weighted by Crippen LogP contribution is -2.42. The molecule has 32 heavy (non-hydrogen) atoms. The van der Waals surface area contributed by atoms with E-state index in [1.807, 2.05) is 25.1 Å². The van der Waals surface area contributed by atoms with Crippen LogP contribution in [0, 0.1) is 24.5 Å². The Kier molecular flexibility index (Phi) is 5.63. The molecule has 8 heteroatoms. The average Bonchev–Trinajstić information content (AvgIpc) is 3.49. The van der Waals surface area contributed by atoms with Crippen LogP contribution < -0.4 is 5.32 Å². The third-order valence-electron chi connectivity index (χ3n) is 6.76. The largest absolute Gasteiger partial charge is 0.323 e. The molecule has 0 spiro atoms. The van der Waals surface area contributed by atoms with E-state index in [4.69, 9.17) is 11.6 Å². The second-order valence-corrected chi connectivity index (χ2v) is 9.36. The minimum atomic E-state index is -0.295. The Morgan fingerprint density at radius 1 is 1.16 bits per heavy atom. The van der Waals surface area contributed by atoms with Crippen molar-refractivity contribution in [1.29, 1.82) is 0 Å². The monoisotopic (exact) mass is 457 g/mol. The molecule has 0 amide bonds. The Morgan fingerprint density at radius 3 is 2.62 bits per heavy atom. The van der Waals surface area contributed by atoms with E-state index in [9.17, 15) is 8.78 Å². The zero-order chi connectivity index (χ0) is 22.3. The predicted molar refractivity (Wildman–Crippen MR) is 121 cm³/mol. The Bertz CT molecular complexity index is 1120. The standard InChI is InChI=1S/C24H26ClF2N5/c1-15-13-22(31-30-15)29-21-6-5-19(26)20(28-21)14-16-7-11-32(12-8-16)24(9-10-24)17-3-2-4-18(25)23(17)27/h2-6,13,16H,7-12,14H2,1H3,(H2,28,29,30,31). The van der Waals surface area contributed by atoms with Crippen molar-refractivity contribution in [1.82, 2.24) is 20.1 Å². The first-order valence-electron chi connectivity index (χ1n) is 11.1. The Morgan fingerprint density at radius 2 is 1.94 bits per heavy atom. The van der Waals surface area contributed by atoms with E-state index < -0.39 is 0 Å². The molecular formula is C24H26ClF2N5. The predicted octanol–water partition coefficient (Wildman–Crippen LogP) is 5.73. The van der Waals surface area contributed by atoms with Gasteiger partial charge in [0.15, 0.2) is 5.82 Å². The number of halogens is 3. The van der Waals surface area contributed by atoms with Gasteiger partial charge in [0.2, 0.25) is 0 Å². The van der Waals surface area contributed by atoms with E-state index >= 15 is 0 Å². The number of aromatic amines is 1. The van der Waals surface area contributed by atoms with E-state index in [2.05, 4.69) is 25.4 Å². The quantitative estimate of drug-likeness (QED) is 0.496. The third kappa shape index (κ3) is 4.11. The van der Waals surface area contributed by atoms with Crippen LogP contribution >= 0.6 is 11.6 Å². The van der Waals surface area contributed by atoms with Crippen LogP contribution in [0.15, 0.2) is 36.4 Å². The third-order valence-corrected chi connectivity index (χ3v) is 7.05. The molecule has 0 radical (unpaired) electrons. The van der Waals surface area contributed by atoms with Crippen LogP contribution in [-0.4, -0.2) is 33.2 Å². The maximum atomic E-state index is 14.7. The summed E-state index contributed by atoms with van der Waals surface area (Å²) in [5.41, 5.74) is 1.90. The highest BCUT2D eigenvalue weighted by atomic mass is 35.5. The number of pyridine rings is 1. The molecule has 1 aliphatic carbocycles. The molecule has 2 N–H and O–H groups in total. The van der Waals surface area contributed by atoms with Crippen molar-refractivity contribution in [2.24, 2.45) is 5.92 Å². The lowest BCUT2D eigenvalue weighted by molar-refractivity contribution is 0.113. The highest BCUT2D eigenvalue weighted by Crippen LogP contribution is 2.53. The van der Waals surface area contributed by atoms with Crippen LogP contribution in [0.4, 0.5) is 20.4 Å². The van der Waals surface area contributed by atoms with Crippen LogP contribution in [-0.2, 0) is 12.0 Å². The molecule has 0 unspecified atom stereocenters. The molecule has 168 valence electrons. The van der Waals surface area contributed by atoms with E-state index in [1.165, 1.54) is 6.07 Å². The number of anilines is 2. The van der Waals surface area contributed by atoms with Gasteiger partial charge in [-0.2, -0.15) is 5.10 Å². The van der Waals surface area contributed by atoms with Crippen molar-refractivity contribution in [2.75, 3.05) is 18.4 Å². The lowest BCUT2D eigenvalue weighted by atomic mass is 9.89. The van der Waals surface area contributed by atoms with Crippen LogP contribution in [0.25, 0.3) is 0 Å². The van der Waals surface area contributed by atoms with Gasteiger partial charge in [-0.05, 0) is 76.2 Å². The van der Waals surface area contributed by atoms with Gasteiger partial charge in [-0.25, -0.2) is 13.8 Å². The number of hydrogen-bond donors (Lipinski definition) is 2. The molecular weight excluding hydrogens is 432 g/mol. The second-order valence-electron chi connectivity index (χ2n) is 8.95. The van der Waals surface area contributed by atoms with Crippen molar-refractivity contribution in [3.05, 3.63) is 70.0 Å². The van der Waals surface area contributed by atoms with Gasteiger partial charge in [-0.1, -0.05) is 23.7 Å². The van der Waals surface area contributed by atoms with Crippen molar-refractivity contribution in [3.8, 4) is 0 Å². The molecule has 5 nitrogen and oxygen atoms in total. The fourth-order valence-electron chi connectivity index (χ4n) is 4.89. The molecule has 1 aromatic carbocycles. The summed E-state index contributed by atoms with van der Waals surface area (Å²) in [5.74, 6) is 1.01. The van der Waals surface area contributed by atoms with E-state index in [1.54, 1.807) is 12.1 Å². The molecule has 2 aromatic heterocycles. The minimum Gasteiger partial charge on any atom is -0.323 e. The fraction of sp³-hybridized carbons (Fsp3) is 0.417. The molecule has 1 saturated heterocycles. The maximum absolute atomic E-state index is 14.7. The average molecular weight is 458 g/mol. The summed E-state index contributed by atoms with van der Waals surface area (Å²) in [4.78, 5) is 6.89. The van der Waals surface area contributed by atoms with Crippen molar-refractivity contribution in [2.45, 2.75) is 44.6 Å². The van der Waals surface area contributed by atoms with Gasteiger partial charge in [0, 0.05) is 22.9 Å². The summed E-state index contributed by atoms with van der Waals surface area (Å²) >= 11 is 6.03. The summed E-state index contributed by atoms with van der Waals surface area (Å²) in [7, 11) is 0. The maximum Gasteiger partial charge on any atom is 0.153 e. The highest BCUT2D eigenvalue weighted by molar-refractivity contribution is 6.30. The number of nitrogens with one attached hydrogen (secondary N) is 2. The summed E-state index contributed by atoms with van der Waals surface area (Å²) in [6, 6.07) is 10.2. The first-order valence-corrected chi connectivity index (χ1v) is 11.5. The molecule has 5 rings (SSSR count). The van der Waals surface area contributed by atoms with Gasteiger partial charge < -0.3 is 5.32 Å². The summed E-state index contributed by atoms with van der Waals surface area (Å²) in [6.07, 6.45) is 4.35. The second kappa shape index (κ2) is 8.45. The lowest BCUT2D eigenvalue weighted by Gasteiger charge is -2.38. The molecule has 2 aliphatic rings. The number of likely N-dealkylation sites (tertiary alicyclic amines) is 1. The zero-order valence-corrected chi connectivity index (χ0v) is 18.7. The van der Waals surface area contributed by atoms with Crippen LogP contribution in [0.1, 0.15) is 42.6 Å².